The molecule has 0 amide bonds. The summed E-state index contributed by atoms with van der Waals surface area (Å²) >= 11 is 6.43. The molecule has 1 aliphatic rings. The standard InChI is InChI=1S/C22H26ClN5/c1-14-18(23)26-21(22(2,3)4)27-20(14)28-12-9-15(10-13-28)17-8-7-16-6-5-11-24-19(16)25-17/h5-8,11,15H,9-10,12-13H2,1-4H3. The molecule has 3 aromatic heterocycles. The molecule has 0 atom stereocenters. The van der Waals surface area contributed by atoms with E-state index in [0.717, 1.165) is 59.9 Å². The van der Waals surface area contributed by atoms with E-state index >= 15 is 0 Å². The van der Waals surface area contributed by atoms with Crippen molar-refractivity contribution in [3.63, 3.8) is 0 Å². The van der Waals surface area contributed by atoms with Crippen LogP contribution in [0.1, 0.15) is 56.6 Å². The Kier molecular flexibility index (Phi) is 4.96. The van der Waals surface area contributed by atoms with E-state index in [4.69, 9.17) is 21.6 Å². The summed E-state index contributed by atoms with van der Waals surface area (Å²) in [5, 5.41) is 1.64. The van der Waals surface area contributed by atoms with Gasteiger partial charge in [0.05, 0.1) is 0 Å². The zero-order valence-corrected chi connectivity index (χ0v) is 17.7. The van der Waals surface area contributed by atoms with Crippen molar-refractivity contribution in [1.82, 2.24) is 19.9 Å². The van der Waals surface area contributed by atoms with Crippen LogP contribution in [0.5, 0.6) is 0 Å². The van der Waals surface area contributed by atoms with Crippen LogP contribution in [0, 0.1) is 6.92 Å². The van der Waals surface area contributed by atoms with E-state index in [1.165, 1.54) is 0 Å². The summed E-state index contributed by atoms with van der Waals surface area (Å²) in [6, 6.07) is 8.27. The van der Waals surface area contributed by atoms with Crippen LogP contribution in [0.15, 0.2) is 30.5 Å². The van der Waals surface area contributed by atoms with Crippen LogP contribution in [0.2, 0.25) is 5.15 Å². The summed E-state index contributed by atoms with van der Waals surface area (Å²) in [5.74, 6) is 2.21. The molecule has 0 aliphatic carbocycles. The zero-order chi connectivity index (χ0) is 19.9. The van der Waals surface area contributed by atoms with Gasteiger partial charge in [-0.05, 0) is 44.0 Å². The first-order valence-corrected chi connectivity index (χ1v) is 10.2. The minimum absolute atomic E-state index is 0.133. The fourth-order valence-electron chi connectivity index (χ4n) is 3.70. The van der Waals surface area contributed by atoms with Gasteiger partial charge in [0.1, 0.15) is 16.8 Å². The molecule has 0 unspecified atom stereocenters. The maximum absolute atomic E-state index is 6.43. The van der Waals surface area contributed by atoms with Gasteiger partial charge in [-0.25, -0.2) is 19.9 Å². The molecule has 0 saturated carbocycles. The second-order valence-corrected chi connectivity index (χ2v) is 8.94. The predicted molar refractivity (Wildman–Crippen MR) is 114 cm³/mol. The second kappa shape index (κ2) is 7.28. The fourth-order valence-corrected chi connectivity index (χ4v) is 3.87. The number of nitrogens with zero attached hydrogens (tertiary/aromatic N) is 5. The van der Waals surface area contributed by atoms with Crippen molar-refractivity contribution in [2.75, 3.05) is 18.0 Å². The molecule has 1 saturated heterocycles. The highest BCUT2D eigenvalue weighted by Gasteiger charge is 2.27. The Morgan fingerprint density at radius 3 is 2.50 bits per heavy atom. The second-order valence-electron chi connectivity index (χ2n) is 8.58. The van der Waals surface area contributed by atoms with Gasteiger partial charge in [0.25, 0.3) is 0 Å². The minimum Gasteiger partial charge on any atom is -0.356 e. The molecule has 0 bridgehead atoms. The van der Waals surface area contributed by atoms with Crippen molar-refractivity contribution in [2.45, 2.75) is 51.9 Å². The average molecular weight is 396 g/mol. The van der Waals surface area contributed by atoms with Crippen molar-refractivity contribution in [1.29, 1.82) is 0 Å². The van der Waals surface area contributed by atoms with Crippen LogP contribution in [0.4, 0.5) is 5.82 Å². The average Bonchev–Trinajstić information content (AvgIpc) is 2.69. The molecule has 1 aliphatic heterocycles. The quantitative estimate of drug-likeness (QED) is 0.567. The van der Waals surface area contributed by atoms with Gasteiger partial charge in [0, 0.05) is 47.3 Å². The first kappa shape index (κ1) is 19.1. The fraction of sp³-hybridized carbons (Fsp3) is 0.455. The lowest BCUT2D eigenvalue weighted by Gasteiger charge is -2.34. The Hall–Kier alpha value is -2.27. The van der Waals surface area contributed by atoms with Crippen LogP contribution < -0.4 is 4.90 Å². The van der Waals surface area contributed by atoms with E-state index in [1.54, 1.807) is 6.20 Å². The highest BCUT2D eigenvalue weighted by atomic mass is 35.5. The Morgan fingerprint density at radius 2 is 1.79 bits per heavy atom. The summed E-state index contributed by atoms with van der Waals surface area (Å²) in [5.41, 5.74) is 2.79. The van der Waals surface area contributed by atoms with Gasteiger partial charge in [-0.15, -0.1) is 0 Å². The van der Waals surface area contributed by atoms with Crippen LogP contribution in [0.3, 0.4) is 0 Å². The zero-order valence-electron chi connectivity index (χ0n) is 16.9. The Balaban J connectivity index is 1.54. The van der Waals surface area contributed by atoms with Crippen molar-refractivity contribution in [3.05, 3.63) is 52.7 Å². The number of hydrogen-bond donors (Lipinski definition) is 0. The van der Waals surface area contributed by atoms with E-state index < -0.39 is 0 Å². The Labute approximate surface area is 171 Å². The first-order valence-electron chi connectivity index (χ1n) is 9.84. The predicted octanol–water partition coefficient (Wildman–Crippen LogP) is 5.06. The van der Waals surface area contributed by atoms with Gasteiger partial charge >= 0.3 is 0 Å². The molecule has 1 fully saturated rings. The Bertz CT molecular complexity index is 1000. The van der Waals surface area contributed by atoms with Crippen molar-refractivity contribution >= 4 is 28.5 Å². The van der Waals surface area contributed by atoms with E-state index in [0.29, 0.717) is 11.1 Å². The highest BCUT2D eigenvalue weighted by molar-refractivity contribution is 6.30. The molecule has 28 heavy (non-hydrogen) atoms. The lowest BCUT2D eigenvalue weighted by Crippen LogP contribution is -2.35. The third-order valence-electron chi connectivity index (χ3n) is 5.43. The third-order valence-corrected chi connectivity index (χ3v) is 5.80. The molecule has 4 heterocycles. The number of piperidine rings is 1. The summed E-state index contributed by atoms with van der Waals surface area (Å²) in [4.78, 5) is 20.9. The number of anilines is 1. The van der Waals surface area contributed by atoms with Gasteiger partial charge in [0.15, 0.2) is 5.65 Å². The van der Waals surface area contributed by atoms with Crippen LogP contribution in [-0.4, -0.2) is 33.0 Å². The summed E-state index contributed by atoms with van der Waals surface area (Å²) < 4.78 is 0. The van der Waals surface area contributed by atoms with Gasteiger partial charge in [0.2, 0.25) is 0 Å². The van der Waals surface area contributed by atoms with Crippen LogP contribution >= 0.6 is 11.6 Å². The van der Waals surface area contributed by atoms with Crippen molar-refractivity contribution in [2.24, 2.45) is 0 Å². The molecule has 0 radical (unpaired) electrons. The molecule has 0 aromatic carbocycles. The number of pyridine rings is 2. The SMILES string of the molecule is Cc1c(Cl)nc(C(C)(C)C)nc1N1CCC(c2ccc3cccnc3n2)CC1. The number of hydrogen-bond acceptors (Lipinski definition) is 5. The van der Waals surface area contributed by atoms with E-state index in [1.807, 2.05) is 13.0 Å². The highest BCUT2D eigenvalue weighted by Crippen LogP contribution is 2.33. The first-order chi connectivity index (χ1) is 13.3. The summed E-state index contributed by atoms with van der Waals surface area (Å²) in [6.45, 7) is 10.2. The van der Waals surface area contributed by atoms with Crippen molar-refractivity contribution in [3.8, 4) is 0 Å². The normalized spacial score (nSPS) is 16.0. The molecule has 146 valence electrons. The largest absolute Gasteiger partial charge is 0.356 e. The van der Waals surface area contributed by atoms with E-state index in [2.05, 4.69) is 53.8 Å². The molecule has 3 aromatic rings. The summed E-state index contributed by atoms with van der Waals surface area (Å²) in [7, 11) is 0. The van der Waals surface area contributed by atoms with Gasteiger partial charge in [-0.2, -0.15) is 0 Å². The smallest absolute Gasteiger partial charge is 0.159 e. The number of aromatic nitrogens is 4. The van der Waals surface area contributed by atoms with Gasteiger partial charge in [-0.3, -0.25) is 0 Å². The lowest BCUT2D eigenvalue weighted by atomic mass is 9.92. The number of fused-ring (bicyclic) bond motifs is 1. The molecular formula is C22H26ClN5. The van der Waals surface area contributed by atoms with Crippen molar-refractivity contribution < 1.29 is 0 Å². The molecule has 6 heteroatoms. The van der Waals surface area contributed by atoms with Crippen LogP contribution in [0.25, 0.3) is 11.0 Å². The monoisotopic (exact) mass is 395 g/mol. The molecule has 4 rings (SSSR count). The van der Waals surface area contributed by atoms with Gasteiger partial charge in [-0.1, -0.05) is 32.4 Å². The minimum atomic E-state index is -0.133. The molecular weight excluding hydrogens is 370 g/mol. The molecule has 0 spiro atoms. The van der Waals surface area contributed by atoms with Gasteiger partial charge < -0.3 is 4.90 Å². The van der Waals surface area contributed by atoms with E-state index in [-0.39, 0.29) is 5.41 Å². The molecule has 5 nitrogen and oxygen atoms in total. The number of rotatable bonds is 2. The maximum Gasteiger partial charge on any atom is 0.159 e. The van der Waals surface area contributed by atoms with E-state index in [9.17, 15) is 0 Å². The summed E-state index contributed by atoms with van der Waals surface area (Å²) in [6.07, 6.45) is 3.88. The van der Waals surface area contributed by atoms with Crippen LogP contribution in [-0.2, 0) is 5.41 Å². The topological polar surface area (TPSA) is 54.8 Å². The Morgan fingerprint density at radius 1 is 1.04 bits per heavy atom. The third kappa shape index (κ3) is 3.68. The number of halogens is 1. The lowest BCUT2D eigenvalue weighted by molar-refractivity contribution is 0.489. The maximum atomic E-state index is 6.43. The molecule has 0 N–H and O–H groups in total.